The van der Waals surface area contributed by atoms with Gasteiger partial charge in [0.15, 0.2) is 0 Å². The van der Waals surface area contributed by atoms with Crippen molar-refractivity contribution < 1.29 is 4.79 Å². The van der Waals surface area contributed by atoms with Crippen LogP contribution < -0.4 is 0 Å². The number of carbonyl (C=O) groups excluding carboxylic acids is 1. The van der Waals surface area contributed by atoms with Crippen molar-refractivity contribution in [3.8, 4) is 0 Å². The summed E-state index contributed by atoms with van der Waals surface area (Å²) in [6.45, 7) is 2.45. The van der Waals surface area contributed by atoms with Crippen molar-refractivity contribution in [2.45, 2.75) is 57.0 Å². The molecule has 1 heterocycles. The Balaban J connectivity index is 0.00000192. The van der Waals surface area contributed by atoms with Gasteiger partial charge in [-0.25, -0.2) is 0 Å². The Kier molecular flexibility index (Phi) is 6.91. The third-order valence-corrected chi connectivity index (χ3v) is 5.39. The molecule has 2 fully saturated rings. The standard InChI is InChI=1S/C19H28N2O.ClH/c1-20(19(22)15-16-9-3-2-4-10-16)17-11-5-6-12-18(17)21-13-7-8-14-21;/h2-4,9-10,17-18H,5-8,11-15H2,1H3;1H/t17-,18-;/m1./s1. The second-order valence-corrected chi connectivity index (χ2v) is 6.83. The van der Waals surface area contributed by atoms with E-state index < -0.39 is 0 Å². The highest BCUT2D eigenvalue weighted by Gasteiger charge is 2.35. The van der Waals surface area contributed by atoms with Gasteiger partial charge >= 0.3 is 0 Å². The largest absolute Gasteiger partial charge is 0.341 e. The molecule has 2 atom stereocenters. The molecule has 3 rings (SSSR count). The molecule has 0 N–H and O–H groups in total. The fourth-order valence-electron chi connectivity index (χ4n) is 4.12. The van der Waals surface area contributed by atoms with Crippen LogP contribution in [-0.4, -0.2) is 47.9 Å². The van der Waals surface area contributed by atoms with Gasteiger partial charge in [0.05, 0.1) is 6.42 Å². The lowest BCUT2D eigenvalue weighted by Gasteiger charge is -2.42. The molecule has 1 aliphatic heterocycles. The lowest BCUT2D eigenvalue weighted by atomic mass is 9.88. The van der Waals surface area contributed by atoms with Gasteiger partial charge in [-0.05, 0) is 44.3 Å². The molecule has 2 aliphatic rings. The molecule has 1 aliphatic carbocycles. The third kappa shape index (κ3) is 4.48. The number of benzene rings is 1. The van der Waals surface area contributed by atoms with Crippen LogP contribution in [0.4, 0.5) is 0 Å². The first-order valence-electron chi connectivity index (χ1n) is 8.79. The van der Waals surface area contributed by atoms with Gasteiger partial charge in [-0.2, -0.15) is 0 Å². The quantitative estimate of drug-likeness (QED) is 0.840. The van der Waals surface area contributed by atoms with Crippen molar-refractivity contribution >= 4 is 18.3 Å². The molecule has 0 bridgehead atoms. The van der Waals surface area contributed by atoms with Gasteiger partial charge in [-0.1, -0.05) is 43.2 Å². The highest BCUT2D eigenvalue weighted by Crippen LogP contribution is 2.29. The molecule has 1 saturated heterocycles. The first-order valence-corrected chi connectivity index (χ1v) is 8.79. The summed E-state index contributed by atoms with van der Waals surface area (Å²) in [4.78, 5) is 17.4. The molecule has 0 aromatic heterocycles. The molecular formula is C19H29ClN2O. The van der Waals surface area contributed by atoms with Crippen LogP contribution in [-0.2, 0) is 11.2 Å². The van der Waals surface area contributed by atoms with E-state index in [0.29, 0.717) is 18.5 Å². The smallest absolute Gasteiger partial charge is 0.227 e. The second kappa shape index (κ2) is 8.70. The Morgan fingerprint density at radius 2 is 1.74 bits per heavy atom. The summed E-state index contributed by atoms with van der Waals surface area (Å²) in [5.41, 5.74) is 1.12. The Morgan fingerprint density at radius 3 is 2.43 bits per heavy atom. The number of hydrogen-bond donors (Lipinski definition) is 0. The zero-order valence-corrected chi connectivity index (χ0v) is 14.9. The number of halogens is 1. The van der Waals surface area contributed by atoms with Crippen molar-refractivity contribution in [2.24, 2.45) is 0 Å². The topological polar surface area (TPSA) is 23.6 Å². The summed E-state index contributed by atoms with van der Waals surface area (Å²) in [5, 5.41) is 0. The highest BCUT2D eigenvalue weighted by molar-refractivity contribution is 5.85. The van der Waals surface area contributed by atoms with Crippen molar-refractivity contribution in [1.82, 2.24) is 9.80 Å². The predicted molar refractivity (Wildman–Crippen MR) is 97.0 cm³/mol. The maximum atomic E-state index is 12.7. The molecule has 1 aromatic rings. The van der Waals surface area contributed by atoms with Crippen molar-refractivity contribution in [3.05, 3.63) is 35.9 Å². The van der Waals surface area contributed by atoms with Gasteiger partial charge in [-0.15, -0.1) is 12.4 Å². The minimum absolute atomic E-state index is 0. The number of rotatable bonds is 4. The van der Waals surface area contributed by atoms with E-state index in [2.05, 4.69) is 9.80 Å². The molecule has 0 unspecified atom stereocenters. The Bertz CT molecular complexity index is 487. The van der Waals surface area contributed by atoms with Crippen LogP contribution >= 0.6 is 12.4 Å². The van der Waals surface area contributed by atoms with Gasteiger partial charge in [0.25, 0.3) is 0 Å². The molecule has 1 amide bonds. The summed E-state index contributed by atoms with van der Waals surface area (Å²) < 4.78 is 0. The number of likely N-dealkylation sites (N-methyl/N-ethyl adjacent to an activating group) is 1. The lowest BCUT2D eigenvalue weighted by Crippen LogP contribution is -2.53. The van der Waals surface area contributed by atoms with Gasteiger partial charge in [-0.3, -0.25) is 9.69 Å². The van der Waals surface area contributed by atoms with Gasteiger partial charge in [0.2, 0.25) is 5.91 Å². The molecule has 23 heavy (non-hydrogen) atoms. The number of nitrogens with zero attached hydrogens (tertiary/aromatic N) is 2. The van der Waals surface area contributed by atoms with Crippen molar-refractivity contribution in [1.29, 1.82) is 0 Å². The lowest BCUT2D eigenvalue weighted by molar-refractivity contribution is -0.133. The predicted octanol–water partition coefficient (Wildman–Crippen LogP) is 3.52. The molecule has 0 radical (unpaired) electrons. The summed E-state index contributed by atoms with van der Waals surface area (Å²) >= 11 is 0. The first-order chi connectivity index (χ1) is 10.8. The van der Waals surface area contributed by atoms with Crippen molar-refractivity contribution in [2.75, 3.05) is 20.1 Å². The Labute approximate surface area is 146 Å². The molecule has 1 aromatic carbocycles. The third-order valence-electron chi connectivity index (χ3n) is 5.39. The highest BCUT2D eigenvalue weighted by atomic mass is 35.5. The molecule has 0 spiro atoms. The van der Waals surface area contributed by atoms with E-state index in [1.54, 1.807) is 0 Å². The van der Waals surface area contributed by atoms with Gasteiger partial charge in [0, 0.05) is 19.1 Å². The van der Waals surface area contributed by atoms with E-state index >= 15 is 0 Å². The maximum absolute atomic E-state index is 12.7. The van der Waals surface area contributed by atoms with E-state index in [9.17, 15) is 4.79 Å². The molecular weight excluding hydrogens is 308 g/mol. The van der Waals surface area contributed by atoms with Gasteiger partial charge < -0.3 is 4.90 Å². The normalized spacial score (nSPS) is 24.9. The number of carbonyl (C=O) groups is 1. The monoisotopic (exact) mass is 336 g/mol. The van der Waals surface area contributed by atoms with Crippen LogP contribution in [0.25, 0.3) is 0 Å². The maximum Gasteiger partial charge on any atom is 0.227 e. The van der Waals surface area contributed by atoms with E-state index in [0.717, 1.165) is 12.0 Å². The number of likely N-dealkylation sites (tertiary alicyclic amines) is 1. The summed E-state index contributed by atoms with van der Waals surface area (Å²) in [5.74, 6) is 0.266. The van der Waals surface area contributed by atoms with Gasteiger partial charge in [0.1, 0.15) is 0 Å². The molecule has 128 valence electrons. The second-order valence-electron chi connectivity index (χ2n) is 6.83. The number of amides is 1. The van der Waals surface area contributed by atoms with Crippen LogP contribution in [0.3, 0.4) is 0 Å². The minimum atomic E-state index is 0. The van der Waals surface area contributed by atoms with Crippen LogP contribution in [0.5, 0.6) is 0 Å². The summed E-state index contributed by atoms with van der Waals surface area (Å²) in [7, 11) is 2.02. The summed E-state index contributed by atoms with van der Waals surface area (Å²) in [6, 6.07) is 11.1. The average Bonchev–Trinajstić information content (AvgIpc) is 3.09. The zero-order chi connectivity index (χ0) is 15.4. The van der Waals surface area contributed by atoms with E-state index in [-0.39, 0.29) is 18.3 Å². The summed E-state index contributed by atoms with van der Waals surface area (Å²) in [6.07, 6.45) is 8.18. The molecule has 1 saturated carbocycles. The average molecular weight is 337 g/mol. The van der Waals surface area contributed by atoms with E-state index in [1.165, 1.54) is 45.2 Å². The van der Waals surface area contributed by atoms with Crippen LogP contribution in [0.2, 0.25) is 0 Å². The Hall–Kier alpha value is -1.06. The van der Waals surface area contributed by atoms with E-state index in [1.807, 2.05) is 37.4 Å². The number of hydrogen-bond acceptors (Lipinski definition) is 2. The zero-order valence-electron chi connectivity index (χ0n) is 14.1. The van der Waals surface area contributed by atoms with E-state index in [4.69, 9.17) is 0 Å². The Morgan fingerprint density at radius 1 is 1.09 bits per heavy atom. The van der Waals surface area contributed by atoms with Crippen LogP contribution in [0.15, 0.2) is 30.3 Å². The first kappa shape index (κ1) is 18.3. The van der Waals surface area contributed by atoms with Crippen LogP contribution in [0.1, 0.15) is 44.1 Å². The minimum Gasteiger partial charge on any atom is -0.341 e. The van der Waals surface area contributed by atoms with Crippen molar-refractivity contribution in [3.63, 3.8) is 0 Å². The molecule has 4 heteroatoms. The van der Waals surface area contributed by atoms with Crippen LogP contribution in [0, 0.1) is 0 Å². The fourth-order valence-corrected chi connectivity index (χ4v) is 4.12. The fraction of sp³-hybridized carbons (Fsp3) is 0.632. The molecule has 3 nitrogen and oxygen atoms in total. The SMILES string of the molecule is CN(C(=O)Cc1ccccc1)[C@@H]1CCCC[C@H]1N1CCCC1.Cl.